The summed E-state index contributed by atoms with van der Waals surface area (Å²) in [7, 11) is -3.81. The maximum absolute atomic E-state index is 12.6. The van der Waals surface area contributed by atoms with Gasteiger partial charge in [0.05, 0.1) is 0 Å². The molecule has 0 saturated carbocycles. The van der Waals surface area contributed by atoms with Gasteiger partial charge in [0.25, 0.3) is 0 Å². The van der Waals surface area contributed by atoms with Crippen molar-refractivity contribution in [2.45, 2.75) is 68.8 Å². The molecular formula is C13H22NO6S+. The number of rotatable bonds is 5. The number of quaternary nitrogens is 1. The molecule has 2 heterocycles. The zero-order chi connectivity index (χ0) is 16.2. The standard InChI is InChI=1S/C13H21NO6S/c1-4-5-6-8(15)14-9(16)7-10(14)21(19,20)13(2,3)11(14)12(17)18/h8,10-11,15H,4-7H2,1-3H3/p+1/t8-,10-,11+,14?/m1/s1. The fraction of sp³-hybridized carbons (Fsp3) is 0.846. The van der Waals surface area contributed by atoms with Crippen LogP contribution in [0.5, 0.6) is 0 Å². The van der Waals surface area contributed by atoms with Crippen molar-refractivity contribution in [1.82, 2.24) is 0 Å². The van der Waals surface area contributed by atoms with E-state index in [1.807, 2.05) is 6.92 Å². The number of β-lactam (4-membered cyclic amide) rings is 1. The SMILES string of the molecule is CCCC[C@@H](O)[N+]12C(=O)C[C@H]1S(=O)(=O)C(C)(C)[C@@H]2C(=O)O. The zero-order valence-corrected chi connectivity index (χ0v) is 13.3. The molecule has 0 radical (unpaired) electrons. The van der Waals surface area contributed by atoms with Crippen molar-refractivity contribution >= 4 is 21.7 Å². The number of sulfone groups is 1. The van der Waals surface area contributed by atoms with Gasteiger partial charge < -0.3 is 10.2 Å². The van der Waals surface area contributed by atoms with Crippen LogP contribution in [0.4, 0.5) is 0 Å². The fourth-order valence-corrected chi connectivity index (χ4v) is 6.28. The Bertz CT molecular complexity index is 583. The topological polar surface area (TPSA) is 109 Å². The first-order valence-corrected chi connectivity index (χ1v) is 8.66. The van der Waals surface area contributed by atoms with Gasteiger partial charge in [0.15, 0.2) is 6.23 Å². The molecule has 2 rings (SSSR count). The van der Waals surface area contributed by atoms with E-state index in [1.165, 1.54) is 13.8 Å². The Kier molecular flexibility index (Phi) is 3.71. The van der Waals surface area contributed by atoms with Gasteiger partial charge >= 0.3 is 11.9 Å². The number of carbonyl (C=O) groups excluding carboxylic acids is 1. The van der Waals surface area contributed by atoms with Crippen LogP contribution in [-0.2, 0) is 19.4 Å². The summed E-state index contributed by atoms with van der Waals surface area (Å²) in [5, 5.41) is 18.8. The number of nitrogens with zero attached hydrogens (tertiary/aromatic N) is 1. The minimum absolute atomic E-state index is 0.210. The second-order valence-electron chi connectivity index (χ2n) is 6.40. The Morgan fingerprint density at radius 1 is 1.48 bits per heavy atom. The number of aliphatic hydroxyl groups is 1. The number of carboxylic acids is 1. The number of unbranched alkanes of at least 4 members (excludes halogenated alkanes) is 1. The van der Waals surface area contributed by atoms with E-state index < -0.39 is 48.6 Å². The summed E-state index contributed by atoms with van der Waals surface area (Å²) in [5.74, 6) is -1.85. The van der Waals surface area contributed by atoms with E-state index >= 15 is 0 Å². The highest BCUT2D eigenvalue weighted by Gasteiger charge is 2.82. The molecule has 2 N–H and O–H groups in total. The Balaban J connectivity index is 2.59. The van der Waals surface area contributed by atoms with E-state index in [1.54, 1.807) is 0 Å². The van der Waals surface area contributed by atoms with Crippen molar-refractivity contribution in [3.05, 3.63) is 0 Å². The van der Waals surface area contributed by atoms with Crippen LogP contribution in [0.3, 0.4) is 0 Å². The fourth-order valence-electron chi connectivity index (χ4n) is 3.79. The van der Waals surface area contributed by atoms with Crippen LogP contribution in [0.2, 0.25) is 0 Å². The van der Waals surface area contributed by atoms with Crippen molar-refractivity contribution in [2.75, 3.05) is 0 Å². The van der Waals surface area contributed by atoms with Crippen LogP contribution in [0, 0.1) is 0 Å². The summed E-state index contributed by atoms with van der Waals surface area (Å²) in [6, 6.07) is -1.46. The van der Waals surface area contributed by atoms with Crippen LogP contribution >= 0.6 is 0 Å². The van der Waals surface area contributed by atoms with Gasteiger partial charge in [-0.25, -0.2) is 22.5 Å². The minimum Gasteiger partial charge on any atom is -0.477 e. The van der Waals surface area contributed by atoms with E-state index in [0.29, 0.717) is 6.42 Å². The van der Waals surface area contributed by atoms with E-state index in [-0.39, 0.29) is 12.8 Å². The Morgan fingerprint density at radius 3 is 2.48 bits per heavy atom. The summed E-state index contributed by atoms with van der Waals surface area (Å²) in [4.78, 5) is 23.9. The Labute approximate surface area is 124 Å². The molecule has 2 fully saturated rings. The predicted octanol–water partition coefficient (Wildman–Crippen LogP) is 0.228. The van der Waals surface area contributed by atoms with Crippen LogP contribution in [0.15, 0.2) is 0 Å². The number of amides is 1. The van der Waals surface area contributed by atoms with Gasteiger partial charge in [-0.2, -0.15) is 0 Å². The average molecular weight is 320 g/mol. The highest BCUT2D eigenvalue weighted by atomic mass is 32.2. The quantitative estimate of drug-likeness (QED) is 0.554. The summed E-state index contributed by atoms with van der Waals surface area (Å²) in [5.41, 5.74) is 0. The van der Waals surface area contributed by atoms with E-state index in [2.05, 4.69) is 0 Å². The van der Waals surface area contributed by atoms with Gasteiger partial charge in [-0.05, 0) is 20.3 Å². The molecule has 0 aromatic heterocycles. The second-order valence-corrected chi connectivity index (χ2v) is 9.09. The third-order valence-electron chi connectivity index (χ3n) is 4.98. The number of carbonyl (C=O) groups is 2. The van der Waals surface area contributed by atoms with Gasteiger partial charge in [-0.15, -0.1) is 0 Å². The van der Waals surface area contributed by atoms with E-state index in [9.17, 15) is 28.2 Å². The number of aliphatic carboxylic acids is 1. The van der Waals surface area contributed by atoms with Gasteiger partial charge in [0.1, 0.15) is 11.2 Å². The maximum Gasteiger partial charge on any atom is 0.364 e. The number of aliphatic hydroxyl groups excluding tert-OH is 1. The molecule has 120 valence electrons. The first-order chi connectivity index (χ1) is 9.56. The maximum atomic E-state index is 12.6. The van der Waals surface area contributed by atoms with Crippen LogP contribution in [0.1, 0.15) is 46.5 Å². The monoisotopic (exact) mass is 320 g/mol. The number of carboxylic acid groups (broad SMARTS) is 1. The lowest BCUT2D eigenvalue weighted by atomic mass is 9.91. The lowest BCUT2D eigenvalue weighted by Gasteiger charge is -2.48. The smallest absolute Gasteiger partial charge is 0.364 e. The molecule has 8 heteroatoms. The lowest BCUT2D eigenvalue weighted by Crippen LogP contribution is -2.76. The third-order valence-corrected chi connectivity index (χ3v) is 7.90. The van der Waals surface area contributed by atoms with Crippen molar-refractivity contribution in [3.63, 3.8) is 0 Å². The van der Waals surface area contributed by atoms with E-state index in [0.717, 1.165) is 6.42 Å². The van der Waals surface area contributed by atoms with Crippen LogP contribution in [-0.4, -0.2) is 57.4 Å². The summed E-state index contributed by atoms with van der Waals surface area (Å²) in [6.07, 6.45) is 0.0961. The first kappa shape index (κ1) is 16.4. The van der Waals surface area contributed by atoms with Crippen molar-refractivity contribution in [1.29, 1.82) is 0 Å². The molecule has 1 amide bonds. The molecular weight excluding hydrogens is 298 g/mol. The molecule has 1 unspecified atom stereocenters. The van der Waals surface area contributed by atoms with Gasteiger partial charge in [-0.1, -0.05) is 13.3 Å². The van der Waals surface area contributed by atoms with Crippen LogP contribution < -0.4 is 0 Å². The van der Waals surface area contributed by atoms with Crippen molar-refractivity contribution in [3.8, 4) is 0 Å². The predicted molar refractivity (Wildman–Crippen MR) is 73.6 cm³/mol. The zero-order valence-electron chi connectivity index (χ0n) is 12.4. The molecule has 2 aliphatic heterocycles. The molecule has 0 spiro atoms. The molecule has 0 aromatic rings. The number of fused-ring (bicyclic) bond motifs is 1. The summed E-state index contributed by atoms with van der Waals surface area (Å²) < 4.78 is 22.7. The van der Waals surface area contributed by atoms with Crippen molar-refractivity contribution in [2.24, 2.45) is 0 Å². The molecule has 7 nitrogen and oxygen atoms in total. The Hall–Kier alpha value is -0.990. The summed E-state index contributed by atoms with van der Waals surface area (Å²) in [6.45, 7) is 4.57. The lowest BCUT2D eigenvalue weighted by molar-refractivity contribution is -0.946. The van der Waals surface area contributed by atoms with Crippen LogP contribution in [0.25, 0.3) is 0 Å². The summed E-state index contributed by atoms with van der Waals surface area (Å²) >= 11 is 0. The normalized spacial score (nSPS) is 37.6. The molecule has 0 aromatic carbocycles. The highest BCUT2D eigenvalue weighted by Crippen LogP contribution is 2.54. The molecule has 21 heavy (non-hydrogen) atoms. The first-order valence-electron chi connectivity index (χ1n) is 7.12. The van der Waals surface area contributed by atoms with Gasteiger partial charge in [0.2, 0.25) is 21.3 Å². The molecule has 2 saturated heterocycles. The van der Waals surface area contributed by atoms with Gasteiger partial charge in [-0.3, -0.25) is 0 Å². The molecule has 4 atom stereocenters. The third kappa shape index (κ3) is 1.75. The highest BCUT2D eigenvalue weighted by molar-refractivity contribution is 7.93. The largest absolute Gasteiger partial charge is 0.477 e. The number of hydrogen-bond acceptors (Lipinski definition) is 5. The minimum atomic E-state index is -3.81. The molecule has 2 aliphatic rings. The van der Waals surface area contributed by atoms with Crippen molar-refractivity contribution < 1.29 is 32.7 Å². The average Bonchev–Trinajstić information content (AvgIpc) is 2.47. The molecule has 0 bridgehead atoms. The number of hydrogen-bond donors (Lipinski definition) is 2. The second kappa shape index (κ2) is 4.76. The Morgan fingerprint density at radius 2 is 2.05 bits per heavy atom. The molecule has 0 aliphatic carbocycles. The van der Waals surface area contributed by atoms with E-state index in [4.69, 9.17) is 0 Å². The van der Waals surface area contributed by atoms with Gasteiger partial charge in [0, 0.05) is 6.42 Å².